The van der Waals surface area contributed by atoms with Gasteiger partial charge in [0.2, 0.25) is 0 Å². The molecule has 0 N–H and O–H groups in total. The number of benzene rings is 2. The van der Waals surface area contributed by atoms with Gasteiger partial charge in [-0.05, 0) is 56.5 Å². The summed E-state index contributed by atoms with van der Waals surface area (Å²) in [4.78, 5) is 17.1. The smallest absolute Gasteiger partial charge is 0.419 e. The minimum absolute atomic E-state index is 0.0944. The van der Waals surface area contributed by atoms with Crippen molar-refractivity contribution in [3.63, 3.8) is 0 Å². The van der Waals surface area contributed by atoms with Crippen LogP contribution in [0.1, 0.15) is 76.8 Å². The van der Waals surface area contributed by atoms with Crippen molar-refractivity contribution >= 4 is 17.0 Å². The first-order chi connectivity index (χ1) is 20.5. The summed E-state index contributed by atoms with van der Waals surface area (Å²) in [5, 5.41) is 0.905. The molecule has 0 bridgehead atoms. The van der Waals surface area contributed by atoms with Crippen molar-refractivity contribution in [1.29, 1.82) is 0 Å². The Morgan fingerprint density at radius 3 is 2.23 bits per heavy atom. The van der Waals surface area contributed by atoms with Gasteiger partial charge in [-0.1, -0.05) is 52.0 Å². The van der Waals surface area contributed by atoms with Crippen molar-refractivity contribution in [2.75, 3.05) is 40.4 Å². The summed E-state index contributed by atoms with van der Waals surface area (Å²) in [5.41, 5.74) is 4.11. The molecule has 2 aromatic carbocycles. The Balaban J connectivity index is 0.00000155. The van der Waals surface area contributed by atoms with E-state index in [2.05, 4.69) is 17.0 Å². The number of piperazine rings is 1. The monoisotopic (exact) mass is 603 g/mol. The van der Waals surface area contributed by atoms with E-state index in [1.165, 1.54) is 0 Å². The van der Waals surface area contributed by atoms with Crippen LogP contribution < -0.4 is 4.74 Å². The minimum atomic E-state index is -2.38. The molecule has 0 spiro atoms. The first kappa shape index (κ1) is 36.2. The number of nitrogens with zero attached hydrogens (tertiary/aromatic N) is 3. The highest BCUT2D eigenvalue weighted by molar-refractivity contribution is 5.95. The molecule has 1 atom stereocenters. The number of fused-ring (bicyclic) bond motifs is 1. The predicted molar refractivity (Wildman–Crippen MR) is 170 cm³/mol. The van der Waals surface area contributed by atoms with Crippen molar-refractivity contribution in [2.24, 2.45) is 0 Å². The molecule has 0 aliphatic carbocycles. The van der Waals surface area contributed by atoms with E-state index in [1.54, 1.807) is 25.0 Å². The lowest BCUT2D eigenvalue weighted by Crippen LogP contribution is -2.49. The highest BCUT2D eigenvalue weighted by Crippen LogP contribution is 2.36. The van der Waals surface area contributed by atoms with Gasteiger partial charge in [0.25, 0.3) is 6.43 Å². The summed E-state index contributed by atoms with van der Waals surface area (Å²) in [5.74, 6) is 0.728. The molecule has 3 aromatic rings. The Morgan fingerprint density at radius 2 is 1.67 bits per heavy atom. The molecule has 1 unspecified atom stereocenters. The molecule has 1 aliphatic rings. The van der Waals surface area contributed by atoms with E-state index in [9.17, 15) is 13.6 Å². The Bertz CT molecular complexity index is 1290. The van der Waals surface area contributed by atoms with Crippen molar-refractivity contribution in [2.45, 2.75) is 86.6 Å². The Morgan fingerprint density at radius 1 is 1.02 bits per heavy atom. The minimum Gasteiger partial charge on any atom is -0.496 e. The van der Waals surface area contributed by atoms with E-state index in [4.69, 9.17) is 14.2 Å². The molecule has 240 valence electrons. The van der Waals surface area contributed by atoms with Gasteiger partial charge in [0.1, 0.15) is 11.4 Å². The lowest BCUT2D eigenvalue weighted by atomic mass is 9.98. The average molecular weight is 604 g/mol. The summed E-state index contributed by atoms with van der Waals surface area (Å²) in [6.45, 7) is 17.9. The third-order valence-electron chi connectivity index (χ3n) is 7.05. The van der Waals surface area contributed by atoms with Crippen LogP contribution in [0.2, 0.25) is 0 Å². The molecule has 0 amide bonds. The quantitative estimate of drug-likeness (QED) is 0.260. The van der Waals surface area contributed by atoms with Crippen molar-refractivity contribution < 1.29 is 27.8 Å². The highest BCUT2D eigenvalue weighted by Gasteiger charge is 2.31. The standard InChI is InChI=1S/C30H39F2N3O4.2C2H6/c1-20-15-26(38-6)24(23-11-12-35(28(20)23)29(36)39-30(2,3)4)16-34-14-13-33(18-27(31)32)17-25(34)22-9-7-21(8-10-22)19-37-5;2*1-2/h7-12,15,25,27H,13-14,16-19H2,1-6H3;2*1-2H3. The number of carbonyl (C=O) groups excluding carboxylic acids is 1. The molecule has 1 fully saturated rings. The molecule has 1 saturated heterocycles. The number of alkyl halides is 2. The normalized spacial score (nSPS) is 15.9. The maximum absolute atomic E-state index is 13.3. The highest BCUT2D eigenvalue weighted by atomic mass is 19.3. The Labute approximate surface area is 256 Å². The van der Waals surface area contributed by atoms with Crippen LogP contribution in [0.15, 0.2) is 42.6 Å². The van der Waals surface area contributed by atoms with Crippen LogP contribution in [0.3, 0.4) is 0 Å². The summed E-state index contributed by atoms with van der Waals surface area (Å²) in [6, 6.07) is 11.9. The average Bonchev–Trinajstić information content (AvgIpc) is 3.43. The third kappa shape index (κ3) is 9.49. The number of rotatable bonds is 8. The van der Waals surface area contributed by atoms with Crippen LogP contribution in [0, 0.1) is 6.92 Å². The number of aryl methyl sites for hydroxylation is 1. The van der Waals surface area contributed by atoms with E-state index in [-0.39, 0.29) is 12.6 Å². The van der Waals surface area contributed by atoms with E-state index in [0.717, 1.165) is 38.9 Å². The maximum atomic E-state index is 13.3. The fourth-order valence-electron chi connectivity index (χ4n) is 5.32. The van der Waals surface area contributed by atoms with Gasteiger partial charge in [0.15, 0.2) is 0 Å². The van der Waals surface area contributed by atoms with E-state index >= 15 is 0 Å². The van der Waals surface area contributed by atoms with E-state index in [1.807, 2.05) is 84.6 Å². The fraction of sp³-hybridized carbons (Fsp3) is 0.559. The van der Waals surface area contributed by atoms with Crippen LogP contribution in [-0.4, -0.2) is 72.9 Å². The van der Waals surface area contributed by atoms with Crippen LogP contribution in [0.25, 0.3) is 10.9 Å². The summed E-state index contributed by atoms with van der Waals surface area (Å²) >= 11 is 0. The summed E-state index contributed by atoms with van der Waals surface area (Å²) in [7, 11) is 3.30. The first-order valence-electron chi connectivity index (χ1n) is 15.2. The molecular weight excluding hydrogens is 552 g/mol. The number of ether oxygens (including phenoxy) is 3. The van der Waals surface area contributed by atoms with E-state index in [0.29, 0.717) is 32.8 Å². The van der Waals surface area contributed by atoms with Gasteiger partial charge in [0.05, 0.1) is 25.8 Å². The lowest BCUT2D eigenvalue weighted by molar-refractivity contribution is 0.0245. The lowest BCUT2D eigenvalue weighted by Gasteiger charge is -2.42. The van der Waals surface area contributed by atoms with Crippen LogP contribution >= 0.6 is 0 Å². The van der Waals surface area contributed by atoms with Crippen LogP contribution in [0.5, 0.6) is 5.75 Å². The van der Waals surface area contributed by atoms with Gasteiger partial charge in [-0.25, -0.2) is 13.6 Å². The predicted octanol–water partition coefficient (Wildman–Crippen LogP) is 8.06. The molecule has 7 nitrogen and oxygen atoms in total. The van der Waals surface area contributed by atoms with Crippen LogP contribution in [-0.2, 0) is 22.6 Å². The summed E-state index contributed by atoms with van der Waals surface area (Å²) < 4.78 is 44.8. The second-order valence-corrected chi connectivity index (χ2v) is 11.1. The zero-order chi connectivity index (χ0) is 32.3. The number of halogens is 2. The number of hydrogen-bond donors (Lipinski definition) is 0. The zero-order valence-electron chi connectivity index (χ0n) is 27.7. The largest absolute Gasteiger partial charge is 0.496 e. The molecule has 0 radical (unpaired) electrons. The molecule has 9 heteroatoms. The van der Waals surface area contributed by atoms with Crippen LogP contribution in [0.4, 0.5) is 13.6 Å². The topological polar surface area (TPSA) is 56.2 Å². The second kappa shape index (κ2) is 16.7. The van der Waals surface area contributed by atoms with Gasteiger partial charge >= 0.3 is 6.09 Å². The number of methoxy groups -OCH3 is 2. The van der Waals surface area contributed by atoms with Crippen molar-refractivity contribution in [3.05, 3.63) is 64.8 Å². The Hall–Kier alpha value is -3.01. The van der Waals surface area contributed by atoms with Gasteiger partial charge in [-0.3, -0.25) is 14.4 Å². The third-order valence-corrected chi connectivity index (χ3v) is 7.05. The van der Waals surface area contributed by atoms with E-state index < -0.39 is 18.1 Å². The molecule has 1 aromatic heterocycles. The fourth-order valence-corrected chi connectivity index (χ4v) is 5.32. The molecular formula is C34H51F2N3O4. The first-order valence-corrected chi connectivity index (χ1v) is 15.2. The number of aromatic nitrogens is 1. The molecule has 4 rings (SSSR count). The van der Waals surface area contributed by atoms with Gasteiger partial charge < -0.3 is 14.2 Å². The molecule has 0 saturated carbocycles. The van der Waals surface area contributed by atoms with Gasteiger partial charge in [-0.2, -0.15) is 0 Å². The SMILES string of the molecule is CC.CC.COCc1ccc(C2CN(CC(F)F)CCN2Cc2c(OC)cc(C)c3c2ccn3C(=O)OC(C)(C)C)cc1. The Kier molecular flexibility index (Phi) is 14.1. The molecule has 43 heavy (non-hydrogen) atoms. The second-order valence-electron chi connectivity index (χ2n) is 11.1. The maximum Gasteiger partial charge on any atom is 0.419 e. The molecule has 1 aliphatic heterocycles. The molecule has 2 heterocycles. The van der Waals surface area contributed by atoms with Crippen molar-refractivity contribution in [3.8, 4) is 5.75 Å². The zero-order valence-corrected chi connectivity index (χ0v) is 27.7. The van der Waals surface area contributed by atoms with Gasteiger partial charge in [-0.15, -0.1) is 0 Å². The summed E-state index contributed by atoms with van der Waals surface area (Å²) in [6.07, 6.45) is -1.08. The number of carbonyl (C=O) groups is 1. The van der Waals surface area contributed by atoms with Crippen molar-refractivity contribution in [1.82, 2.24) is 14.4 Å². The number of hydrogen-bond acceptors (Lipinski definition) is 6. The van der Waals surface area contributed by atoms with Gasteiger partial charge in [0, 0.05) is 56.5 Å².